The molecule has 144 valence electrons. The van der Waals surface area contributed by atoms with Crippen LogP contribution in [0.4, 0.5) is 10.1 Å². The van der Waals surface area contributed by atoms with Crippen molar-refractivity contribution >= 4 is 33.0 Å². The van der Waals surface area contributed by atoms with E-state index in [2.05, 4.69) is 10.6 Å². The molecule has 0 radical (unpaired) electrons. The van der Waals surface area contributed by atoms with E-state index in [1.807, 2.05) is 0 Å². The summed E-state index contributed by atoms with van der Waals surface area (Å²) in [6, 6.07) is 12.6. The monoisotopic (exact) mass is 409 g/mol. The second-order valence-corrected chi connectivity index (χ2v) is 8.32. The molecular formula is C18H20FN3O3S2. The van der Waals surface area contributed by atoms with Crippen LogP contribution in [-0.4, -0.2) is 44.1 Å². The number of hydrogen-bond acceptors (Lipinski definition) is 4. The molecule has 9 heteroatoms. The molecule has 0 amide bonds. The minimum absolute atomic E-state index is 0.204. The van der Waals surface area contributed by atoms with Gasteiger partial charge in [-0.05, 0) is 48.1 Å². The van der Waals surface area contributed by atoms with Crippen molar-refractivity contribution in [1.82, 2.24) is 9.62 Å². The summed E-state index contributed by atoms with van der Waals surface area (Å²) in [6.45, 7) is 1.91. The van der Waals surface area contributed by atoms with Crippen molar-refractivity contribution in [1.29, 1.82) is 0 Å². The Morgan fingerprint density at radius 3 is 2.56 bits per heavy atom. The number of nitrogens with one attached hydrogen (secondary N) is 2. The molecule has 2 N–H and O–H groups in total. The summed E-state index contributed by atoms with van der Waals surface area (Å²) in [6.07, 6.45) is 0. The molecule has 0 aromatic heterocycles. The minimum Gasteiger partial charge on any atom is -0.379 e. The van der Waals surface area contributed by atoms with Crippen LogP contribution in [0.15, 0.2) is 53.4 Å². The third-order valence-corrected chi connectivity index (χ3v) is 6.21. The number of thiocarbonyl (C=S) groups is 1. The molecule has 1 fully saturated rings. The van der Waals surface area contributed by atoms with Crippen molar-refractivity contribution in [3.8, 4) is 0 Å². The third kappa shape index (κ3) is 5.23. The van der Waals surface area contributed by atoms with E-state index in [0.717, 1.165) is 5.56 Å². The number of anilines is 1. The summed E-state index contributed by atoms with van der Waals surface area (Å²) < 4.78 is 45.0. The number of nitrogens with zero attached hydrogens (tertiary/aromatic N) is 1. The van der Waals surface area contributed by atoms with Crippen LogP contribution in [0.25, 0.3) is 0 Å². The topological polar surface area (TPSA) is 70.7 Å². The molecule has 0 spiro atoms. The predicted molar refractivity (Wildman–Crippen MR) is 105 cm³/mol. The Bertz CT molecular complexity index is 898. The molecule has 0 aliphatic carbocycles. The van der Waals surface area contributed by atoms with Crippen molar-refractivity contribution in [2.75, 3.05) is 31.6 Å². The summed E-state index contributed by atoms with van der Waals surface area (Å²) in [5.41, 5.74) is 1.45. The highest BCUT2D eigenvalue weighted by atomic mass is 32.2. The maximum absolute atomic E-state index is 12.9. The van der Waals surface area contributed by atoms with Crippen molar-refractivity contribution in [2.24, 2.45) is 0 Å². The van der Waals surface area contributed by atoms with E-state index in [4.69, 9.17) is 17.0 Å². The van der Waals surface area contributed by atoms with Gasteiger partial charge in [-0.25, -0.2) is 12.8 Å². The lowest BCUT2D eigenvalue weighted by molar-refractivity contribution is 0.0730. The van der Waals surface area contributed by atoms with Crippen LogP contribution >= 0.6 is 12.2 Å². The standard InChI is InChI=1S/C18H20FN3O3S2/c19-15-6-4-14(5-7-15)13-20-18(26)21-16-2-1-3-17(12-16)27(23,24)22-8-10-25-11-9-22/h1-7,12H,8-11,13H2,(H2,20,21,26). The SMILES string of the molecule is O=S(=O)(c1cccc(NC(=S)NCc2ccc(F)cc2)c1)N1CCOCC1. The molecule has 0 atom stereocenters. The lowest BCUT2D eigenvalue weighted by Gasteiger charge is -2.26. The normalized spacial score (nSPS) is 15.3. The van der Waals surface area contributed by atoms with Gasteiger partial charge in [0, 0.05) is 25.3 Å². The first-order valence-corrected chi connectivity index (χ1v) is 10.3. The summed E-state index contributed by atoms with van der Waals surface area (Å²) in [5, 5.41) is 6.33. The Balaban J connectivity index is 1.63. The second-order valence-electron chi connectivity index (χ2n) is 5.98. The lowest BCUT2D eigenvalue weighted by atomic mass is 10.2. The molecule has 2 aromatic carbocycles. The highest BCUT2D eigenvalue weighted by molar-refractivity contribution is 7.89. The van der Waals surface area contributed by atoms with Crippen molar-refractivity contribution in [3.05, 3.63) is 59.9 Å². The van der Waals surface area contributed by atoms with E-state index < -0.39 is 10.0 Å². The Labute approximate surface area is 163 Å². The van der Waals surface area contributed by atoms with E-state index in [0.29, 0.717) is 43.6 Å². The fourth-order valence-electron chi connectivity index (χ4n) is 2.63. The van der Waals surface area contributed by atoms with E-state index in [-0.39, 0.29) is 10.7 Å². The van der Waals surface area contributed by atoms with Crippen LogP contribution < -0.4 is 10.6 Å². The first-order chi connectivity index (χ1) is 12.9. The molecule has 0 unspecified atom stereocenters. The second kappa shape index (κ2) is 8.75. The molecule has 0 bridgehead atoms. The van der Waals surface area contributed by atoms with Crippen LogP contribution in [0.1, 0.15) is 5.56 Å². The largest absolute Gasteiger partial charge is 0.379 e. The zero-order chi connectivity index (χ0) is 19.3. The predicted octanol–water partition coefficient (Wildman–Crippen LogP) is 2.33. The molecule has 3 rings (SSSR count). The molecule has 6 nitrogen and oxygen atoms in total. The smallest absolute Gasteiger partial charge is 0.243 e. The number of sulfonamides is 1. The van der Waals surface area contributed by atoms with Gasteiger partial charge in [0.05, 0.1) is 18.1 Å². The first kappa shape index (κ1) is 19.7. The Morgan fingerprint density at radius 2 is 1.85 bits per heavy atom. The van der Waals surface area contributed by atoms with E-state index in [1.165, 1.54) is 16.4 Å². The number of rotatable bonds is 5. The average molecular weight is 410 g/mol. The van der Waals surface area contributed by atoms with Gasteiger partial charge in [0.2, 0.25) is 10.0 Å². The van der Waals surface area contributed by atoms with Crippen LogP contribution in [0.3, 0.4) is 0 Å². The molecule has 1 aliphatic rings. The molecule has 1 saturated heterocycles. The quantitative estimate of drug-likeness (QED) is 0.739. The Hall–Kier alpha value is -2.07. The summed E-state index contributed by atoms with van der Waals surface area (Å²) in [7, 11) is -3.57. The van der Waals surface area contributed by atoms with E-state index in [9.17, 15) is 12.8 Å². The highest BCUT2D eigenvalue weighted by Crippen LogP contribution is 2.20. The number of morpholine rings is 1. The van der Waals surface area contributed by atoms with Gasteiger partial charge in [0.1, 0.15) is 5.82 Å². The summed E-state index contributed by atoms with van der Waals surface area (Å²) in [4.78, 5) is 0.204. The van der Waals surface area contributed by atoms with Gasteiger partial charge in [-0.1, -0.05) is 18.2 Å². The summed E-state index contributed by atoms with van der Waals surface area (Å²) >= 11 is 5.25. The molecule has 1 aliphatic heterocycles. The van der Waals surface area contributed by atoms with Gasteiger partial charge in [-0.2, -0.15) is 4.31 Å². The zero-order valence-corrected chi connectivity index (χ0v) is 16.2. The van der Waals surface area contributed by atoms with Crippen molar-refractivity contribution in [2.45, 2.75) is 11.4 Å². The Morgan fingerprint density at radius 1 is 1.15 bits per heavy atom. The zero-order valence-electron chi connectivity index (χ0n) is 14.5. The fraction of sp³-hybridized carbons (Fsp3) is 0.278. The summed E-state index contributed by atoms with van der Waals surface area (Å²) in [5.74, 6) is -0.294. The molecule has 1 heterocycles. The minimum atomic E-state index is -3.57. The third-order valence-electron chi connectivity index (χ3n) is 4.07. The van der Waals surface area contributed by atoms with Crippen LogP contribution in [0, 0.1) is 5.82 Å². The van der Waals surface area contributed by atoms with Gasteiger partial charge in [-0.15, -0.1) is 0 Å². The molecule has 2 aromatic rings. The van der Waals surface area contributed by atoms with Crippen molar-refractivity contribution in [3.63, 3.8) is 0 Å². The number of hydrogen-bond donors (Lipinski definition) is 2. The van der Waals surface area contributed by atoms with Crippen molar-refractivity contribution < 1.29 is 17.5 Å². The maximum atomic E-state index is 12.9. The van der Waals surface area contributed by atoms with Crippen LogP contribution in [0.2, 0.25) is 0 Å². The van der Waals surface area contributed by atoms with Gasteiger partial charge < -0.3 is 15.4 Å². The molecular weight excluding hydrogens is 389 g/mol. The van der Waals surface area contributed by atoms with Crippen LogP contribution in [0.5, 0.6) is 0 Å². The van der Waals surface area contributed by atoms with E-state index in [1.54, 1.807) is 36.4 Å². The van der Waals surface area contributed by atoms with Gasteiger partial charge in [-0.3, -0.25) is 0 Å². The average Bonchev–Trinajstić information content (AvgIpc) is 2.68. The lowest BCUT2D eigenvalue weighted by Crippen LogP contribution is -2.40. The maximum Gasteiger partial charge on any atom is 0.243 e. The van der Waals surface area contributed by atoms with Gasteiger partial charge in [0.15, 0.2) is 5.11 Å². The van der Waals surface area contributed by atoms with Crippen LogP contribution in [-0.2, 0) is 21.3 Å². The van der Waals surface area contributed by atoms with Gasteiger partial charge >= 0.3 is 0 Å². The first-order valence-electron chi connectivity index (χ1n) is 8.42. The fourth-order valence-corrected chi connectivity index (χ4v) is 4.27. The highest BCUT2D eigenvalue weighted by Gasteiger charge is 2.26. The number of ether oxygens (including phenoxy) is 1. The number of benzene rings is 2. The molecule has 0 saturated carbocycles. The number of halogens is 1. The van der Waals surface area contributed by atoms with E-state index >= 15 is 0 Å². The van der Waals surface area contributed by atoms with Gasteiger partial charge in [0.25, 0.3) is 0 Å². The molecule has 27 heavy (non-hydrogen) atoms. The Kier molecular flexibility index (Phi) is 6.38.